The maximum Gasteiger partial charge on any atom is 0.335 e. The predicted molar refractivity (Wildman–Crippen MR) is 130 cm³/mol. The van der Waals surface area contributed by atoms with Crippen molar-refractivity contribution in [1.82, 2.24) is 4.98 Å². The Morgan fingerprint density at radius 3 is 2.53 bits per heavy atom. The van der Waals surface area contributed by atoms with E-state index >= 15 is 0 Å². The van der Waals surface area contributed by atoms with Crippen LogP contribution in [0.3, 0.4) is 0 Å². The van der Waals surface area contributed by atoms with E-state index in [9.17, 15) is 14.9 Å². The molecule has 1 aromatic carbocycles. The first-order valence-electron chi connectivity index (χ1n) is 11.1. The highest BCUT2D eigenvalue weighted by Crippen LogP contribution is 2.41. The Labute approximate surface area is 199 Å². The molecule has 0 aliphatic carbocycles. The zero-order chi connectivity index (χ0) is 25.3. The highest BCUT2D eigenvalue weighted by molar-refractivity contribution is 5.86. The summed E-state index contributed by atoms with van der Waals surface area (Å²) in [6.07, 6.45) is 0.920. The molecule has 0 aliphatic heterocycles. The third kappa shape index (κ3) is 6.34. The van der Waals surface area contributed by atoms with Crippen LogP contribution in [0.1, 0.15) is 37.9 Å². The van der Waals surface area contributed by atoms with Gasteiger partial charge in [-0.05, 0) is 63.9 Å². The summed E-state index contributed by atoms with van der Waals surface area (Å²) in [6.45, 7) is 8.11. The predicted octanol–water partition coefficient (Wildman–Crippen LogP) is 4.45. The topological polar surface area (TPSA) is 122 Å². The van der Waals surface area contributed by atoms with Crippen molar-refractivity contribution < 1.29 is 19.2 Å². The van der Waals surface area contributed by atoms with Crippen LogP contribution in [-0.2, 0) is 9.53 Å². The third-order valence-corrected chi connectivity index (χ3v) is 5.25. The van der Waals surface area contributed by atoms with Crippen molar-refractivity contribution in [2.24, 2.45) is 0 Å². The van der Waals surface area contributed by atoms with Gasteiger partial charge in [-0.3, -0.25) is 14.9 Å². The monoisotopic (exact) mass is 469 g/mol. The second-order valence-electron chi connectivity index (χ2n) is 7.60. The molecule has 0 N–H and O–H groups in total. The van der Waals surface area contributed by atoms with Gasteiger partial charge in [-0.15, -0.1) is 0 Å². The number of methoxy groups -OCH3 is 1. The zero-order valence-corrected chi connectivity index (χ0v) is 20.3. The van der Waals surface area contributed by atoms with Crippen molar-refractivity contribution in [3.05, 3.63) is 45.6 Å². The molecule has 0 radical (unpaired) electrons. The molecule has 0 bridgehead atoms. The van der Waals surface area contributed by atoms with Crippen LogP contribution in [0.2, 0.25) is 0 Å². The average molecular weight is 470 g/mol. The number of esters is 1. The van der Waals surface area contributed by atoms with E-state index in [4.69, 9.17) is 14.7 Å². The molecule has 34 heavy (non-hydrogen) atoms. The second-order valence-corrected chi connectivity index (χ2v) is 7.60. The van der Waals surface area contributed by atoms with Gasteiger partial charge in [0.15, 0.2) is 0 Å². The number of aromatic nitrogens is 1. The number of nitriles is 1. The highest BCUT2D eigenvalue weighted by Gasteiger charge is 2.31. The Balaban J connectivity index is 2.74. The minimum Gasteiger partial charge on any atom is -0.497 e. The van der Waals surface area contributed by atoms with Gasteiger partial charge in [-0.1, -0.05) is 0 Å². The van der Waals surface area contributed by atoms with E-state index in [1.54, 1.807) is 45.2 Å². The number of ether oxygens (including phenoxy) is 2. The molecule has 0 unspecified atom stereocenters. The van der Waals surface area contributed by atoms with Crippen molar-refractivity contribution >= 4 is 28.8 Å². The van der Waals surface area contributed by atoms with Gasteiger partial charge in [0, 0.05) is 30.9 Å². The van der Waals surface area contributed by atoms with Crippen LogP contribution < -0.4 is 14.5 Å². The first-order valence-corrected chi connectivity index (χ1v) is 11.1. The molecular weight excluding hydrogens is 438 g/mol. The van der Waals surface area contributed by atoms with Crippen LogP contribution >= 0.6 is 0 Å². The van der Waals surface area contributed by atoms with Crippen molar-refractivity contribution in [3.63, 3.8) is 0 Å². The lowest BCUT2D eigenvalue weighted by Gasteiger charge is -2.28. The Kier molecular flexibility index (Phi) is 9.62. The van der Waals surface area contributed by atoms with Crippen molar-refractivity contribution in [2.75, 3.05) is 43.2 Å². The minimum atomic E-state index is -0.529. The largest absolute Gasteiger partial charge is 0.497 e. The maximum absolute atomic E-state index is 12.5. The summed E-state index contributed by atoms with van der Waals surface area (Å²) in [7, 11) is 1.55. The number of carbonyl (C=O) groups excluding carboxylic acids is 1. The summed E-state index contributed by atoms with van der Waals surface area (Å²) in [5.41, 5.74) is 2.09. The Morgan fingerprint density at radius 1 is 1.24 bits per heavy atom. The molecule has 2 aromatic rings. The Hall–Kier alpha value is -3.87. The molecule has 0 saturated carbocycles. The fourth-order valence-corrected chi connectivity index (χ4v) is 3.70. The number of benzene rings is 1. The lowest BCUT2D eigenvalue weighted by Crippen LogP contribution is -2.30. The third-order valence-electron chi connectivity index (χ3n) is 5.25. The fraction of sp³-hybridized carbons (Fsp3) is 0.458. The maximum atomic E-state index is 12.5. The van der Waals surface area contributed by atoms with Crippen molar-refractivity contribution in [3.8, 4) is 11.8 Å². The first-order chi connectivity index (χ1) is 16.3. The lowest BCUT2D eigenvalue weighted by atomic mass is 10.1. The van der Waals surface area contributed by atoms with Gasteiger partial charge in [-0.25, -0.2) is 4.98 Å². The summed E-state index contributed by atoms with van der Waals surface area (Å²) >= 11 is 0. The van der Waals surface area contributed by atoms with E-state index in [2.05, 4.69) is 11.1 Å². The summed E-state index contributed by atoms with van der Waals surface area (Å²) in [5.74, 6) is 0.151. The van der Waals surface area contributed by atoms with Crippen LogP contribution in [0.4, 0.5) is 22.9 Å². The number of anilines is 3. The van der Waals surface area contributed by atoms with Gasteiger partial charge in [0.1, 0.15) is 18.0 Å². The van der Waals surface area contributed by atoms with Gasteiger partial charge in [0.25, 0.3) is 0 Å². The Morgan fingerprint density at radius 2 is 1.97 bits per heavy atom. The number of hydrogen-bond acceptors (Lipinski definition) is 9. The number of nitro groups is 1. The normalized spacial score (nSPS) is 10.4. The number of rotatable bonds is 12. The number of carbonyl (C=O) groups is 1. The quantitative estimate of drug-likeness (QED) is 0.192. The van der Waals surface area contributed by atoms with Crippen LogP contribution in [0.5, 0.6) is 5.75 Å². The molecule has 10 heteroatoms. The summed E-state index contributed by atoms with van der Waals surface area (Å²) in [4.78, 5) is 32.3. The van der Waals surface area contributed by atoms with E-state index in [0.29, 0.717) is 48.7 Å². The SMILES string of the molecule is CCOC(=O)CN(c1ccc(OC)cc1C)c1nc(C)cc(N(CC)CCCC#N)c1[N+](=O)[O-]. The number of unbranched alkanes of at least 4 members (excludes halogenated alkanes) is 1. The molecule has 0 amide bonds. The van der Waals surface area contributed by atoms with Gasteiger partial charge in [-0.2, -0.15) is 5.26 Å². The van der Waals surface area contributed by atoms with E-state index < -0.39 is 10.9 Å². The first kappa shape index (κ1) is 26.4. The molecule has 182 valence electrons. The van der Waals surface area contributed by atoms with Gasteiger partial charge in [0.2, 0.25) is 5.82 Å². The minimum absolute atomic E-state index is 0.0556. The molecule has 2 rings (SSSR count). The molecule has 0 aliphatic rings. The van der Waals surface area contributed by atoms with E-state index in [1.165, 1.54) is 4.90 Å². The standard InChI is InChI=1S/C24H31N5O5/c1-6-27(13-9-8-12-25)21-15-18(4)26-24(23(21)29(31)32)28(16-22(30)34-7-2)20-11-10-19(33-5)14-17(20)3/h10-11,14-15H,6-9,13,16H2,1-5H3. The van der Waals surface area contributed by atoms with Crippen LogP contribution in [0.25, 0.3) is 0 Å². The number of pyridine rings is 1. The van der Waals surface area contributed by atoms with Gasteiger partial charge >= 0.3 is 11.7 Å². The smallest absolute Gasteiger partial charge is 0.335 e. The average Bonchev–Trinajstić information content (AvgIpc) is 2.80. The molecule has 0 saturated heterocycles. The van der Waals surface area contributed by atoms with E-state index in [-0.39, 0.29) is 24.7 Å². The van der Waals surface area contributed by atoms with E-state index in [1.807, 2.05) is 18.7 Å². The van der Waals surface area contributed by atoms with Crippen molar-refractivity contribution in [2.45, 2.75) is 40.5 Å². The fourth-order valence-electron chi connectivity index (χ4n) is 3.70. The van der Waals surface area contributed by atoms with Crippen molar-refractivity contribution in [1.29, 1.82) is 5.26 Å². The number of nitrogens with zero attached hydrogens (tertiary/aromatic N) is 5. The molecule has 0 spiro atoms. The molecule has 1 aromatic heterocycles. The summed E-state index contributed by atoms with van der Waals surface area (Å²) in [6, 6.07) is 9.03. The van der Waals surface area contributed by atoms with Gasteiger partial charge < -0.3 is 19.3 Å². The summed E-state index contributed by atoms with van der Waals surface area (Å²) in [5, 5.41) is 21.3. The van der Waals surface area contributed by atoms with Crippen LogP contribution in [0.15, 0.2) is 24.3 Å². The number of aryl methyl sites for hydroxylation is 2. The molecule has 10 nitrogen and oxygen atoms in total. The molecular formula is C24H31N5O5. The van der Waals surface area contributed by atoms with E-state index in [0.717, 1.165) is 5.56 Å². The Bertz CT molecular complexity index is 1070. The van der Waals surface area contributed by atoms with Crippen LogP contribution in [0, 0.1) is 35.3 Å². The molecule has 1 heterocycles. The number of hydrogen-bond donors (Lipinski definition) is 0. The second kappa shape index (κ2) is 12.4. The molecule has 0 atom stereocenters. The van der Waals surface area contributed by atoms with Gasteiger partial charge in [0.05, 0.1) is 24.7 Å². The zero-order valence-electron chi connectivity index (χ0n) is 20.3. The molecule has 0 fully saturated rings. The highest BCUT2D eigenvalue weighted by atomic mass is 16.6. The summed E-state index contributed by atoms with van der Waals surface area (Å²) < 4.78 is 10.4. The lowest BCUT2D eigenvalue weighted by molar-refractivity contribution is -0.383. The van der Waals surface area contributed by atoms with Crippen LogP contribution in [-0.4, -0.2) is 49.2 Å².